The zero-order chi connectivity index (χ0) is 20.8. The molecule has 3 aromatic rings. The normalized spacial score (nSPS) is 19.2. The third-order valence-corrected chi connectivity index (χ3v) is 5.70. The van der Waals surface area contributed by atoms with Crippen molar-refractivity contribution in [3.63, 3.8) is 0 Å². The Bertz CT molecular complexity index is 1030. The van der Waals surface area contributed by atoms with Gasteiger partial charge in [0.1, 0.15) is 38.5 Å². The molecule has 0 aliphatic carbocycles. The van der Waals surface area contributed by atoms with Gasteiger partial charge < -0.3 is 14.9 Å². The highest BCUT2D eigenvalue weighted by atomic mass is 16.3. The first-order valence-electron chi connectivity index (χ1n) is 10.4. The molecule has 1 amide bonds. The molecule has 6 nitrogen and oxygen atoms in total. The Labute approximate surface area is 176 Å². The Morgan fingerprint density at radius 3 is 2.43 bits per heavy atom. The van der Waals surface area contributed by atoms with Gasteiger partial charge in [-0.25, -0.2) is 5.43 Å². The molecule has 6 heteroatoms. The van der Waals surface area contributed by atoms with Crippen LogP contribution in [-0.4, -0.2) is 50.0 Å². The van der Waals surface area contributed by atoms with Crippen molar-refractivity contribution >= 4 is 22.9 Å². The summed E-state index contributed by atoms with van der Waals surface area (Å²) >= 11 is 0. The number of rotatable bonds is 6. The van der Waals surface area contributed by atoms with Crippen LogP contribution in [0.25, 0.3) is 10.8 Å². The maximum atomic E-state index is 12.3. The highest BCUT2D eigenvalue weighted by molar-refractivity contribution is 6.02. The molecule has 0 radical (unpaired) electrons. The molecule has 30 heavy (non-hydrogen) atoms. The number of carbonyl (C=O) groups is 1. The Morgan fingerprint density at radius 1 is 0.933 bits per heavy atom. The number of benzene rings is 3. The predicted molar refractivity (Wildman–Crippen MR) is 118 cm³/mol. The van der Waals surface area contributed by atoms with E-state index in [4.69, 9.17) is 0 Å². The van der Waals surface area contributed by atoms with Gasteiger partial charge in [-0.2, -0.15) is 5.10 Å². The van der Waals surface area contributed by atoms with Crippen LogP contribution in [0.2, 0.25) is 0 Å². The van der Waals surface area contributed by atoms with Crippen LogP contribution in [-0.2, 0) is 11.3 Å². The molecule has 1 aliphatic heterocycles. The summed E-state index contributed by atoms with van der Waals surface area (Å²) in [6.45, 7) is 5.53. The number of piperazine rings is 1. The number of fused-ring (bicyclic) bond motifs is 1. The topological polar surface area (TPSA) is 70.6 Å². The van der Waals surface area contributed by atoms with Crippen molar-refractivity contribution in [1.29, 1.82) is 0 Å². The SMILES string of the molecule is O=C(C[NH+]1CC[NH+](Cc2ccccc2)CC1)N/N=C/c1c(O)ccc2ccccc12. The molecule has 0 atom stereocenters. The second-order valence-electron chi connectivity index (χ2n) is 7.85. The van der Waals surface area contributed by atoms with Gasteiger partial charge in [0.25, 0.3) is 5.91 Å². The molecule has 1 heterocycles. The number of aromatic hydroxyl groups is 1. The number of nitrogens with one attached hydrogen (secondary N) is 3. The smallest absolute Gasteiger partial charge is 0.295 e. The largest absolute Gasteiger partial charge is 0.507 e. The zero-order valence-corrected chi connectivity index (χ0v) is 17.0. The fourth-order valence-corrected chi connectivity index (χ4v) is 4.05. The fourth-order valence-electron chi connectivity index (χ4n) is 4.05. The first-order chi connectivity index (χ1) is 14.7. The minimum Gasteiger partial charge on any atom is -0.507 e. The van der Waals surface area contributed by atoms with Crippen LogP contribution in [0, 0.1) is 0 Å². The number of carbonyl (C=O) groups excluding carboxylic acids is 1. The molecule has 1 aliphatic rings. The predicted octanol–water partition coefficient (Wildman–Crippen LogP) is -0.0209. The molecule has 154 valence electrons. The number of hydrogen-bond acceptors (Lipinski definition) is 3. The van der Waals surface area contributed by atoms with Crippen molar-refractivity contribution in [2.24, 2.45) is 5.10 Å². The molecular weight excluding hydrogens is 376 g/mol. The lowest BCUT2D eigenvalue weighted by Crippen LogP contribution is -3.28. The third-order valence-electron chi connectivity index (χ3n) is 5.70. The quantitative estimate of drug-likeness (QED) is 0.345. The van der Waals surface area contributed by atoms with Crippen LogP contribution >= 0.6 is 0 Å². The van der Waals surface area contributed by atoms with Gasteiger partial charge in [0.05, 0.1) is 6.21 Å². The highest BCUT2D eigenvalue weighted by Gasteiger charge is 2.24. The van der Waals surface area contributed by atoms with E-state index in [1.54, 1.807) is 11.0 Å². The van der Waals surface area contributed by atoms with Crippen LogP contribution in [0.3, 0.4) is 0 Å². The number of amides is 1. The minimum absolute atomic E-state index is 0.104. The van der Waals surface area contributed by atoms with E-state index in [0.717, 1.165) is 43.5 Å². The Balaban J connectivity index is 1.26. The van der Waals surface area contributed by atoms with E-state index >= 15 is 0 Å². The summed E-state index contributed by atoms with van der Waals surface area (Å²) in [4.78, 5) is 15.2. The van der Waals surface area contributed by atoms with Gasteiger partial charge in [0.2, 0.25) is 0 Å². The van der Waals surface area contributed by atoms with E-state index in [-0.39, 0.29) is 11.7 Å². The summed E-state index contributed by atoms with van der Waals surface area (Å²) < 4.78 is 0. The van der Waals surface area contributed by atoms with E-state index in [0.29, 0.717) is 12.1 Å². The van der Waals surface area contributed by atoms with E-state index in [9.17, 15) is 9.90 Å². The number of nitrogens with zero attached hydrogens (tertiary/aromatic N) is 1. The summed E-state index contributed by atoms with van der Waals surface area (Å²) in [5, 5.41) is 16.2. The third kappa shape index (κ3) is 5.03. The number of hydrazone groups is 1. The fraction of sp³-hybridized carbons (Fsp3) is 0.250. The van der Waals surface area contributed by atoms with Crippen molar-refractivity contribution < 1.29 is 19.7 Å². The van der Waals surface area contributed by atoms with Gasteiger partial charge in [-0.3, -0.25) is 4.79 Å². The molecule has 4 N–H and O–H groups in total. The van der Waals surface area contributed by atoms with Crippen LogP contribution in [0.15, 0.2) is 71.8 Å². The summed E-state index contributed by atoms with van der Waals surface area (Å²) in [5.41, 5.74) is 4.58. The van der Waals surface area contributed by atoms with Gasteiger partial charge in [-0.05, 0) is 16.8 Å². The molecule has 0 aromatic heterocycles. The average molecular weight is 405 g/mol. The van der Waals surface area contributed by atoms with Gasteiger partial charge in [0.15, 0.2) is 6.54 Å². The summed E-state index contributed by atoms with van der Waals surface area (Å²) in [5.74, 6) is 0.0438. The molecule has 0 bridgehead atoms. The molecule has 4 rings (SSSR count). The lowest BCUT2D eigenvalue weighted by molar-refractivity contribution is -1.02. The Kier molecular flexibility index (Phi) is 6.37. The monoisotopic (exact) mass is 404 g/mol. The van der Waals surface area contributed by atoms with E-state index in [1.807, 2.05) is 36.4 Å². The first kappa shape index (κ1) is 20.1. The van der Waals surface area contributed by atoms with Crippen molar-refractivity contribution in [3.05, 3.63) is 77.9 Å². The van der Waals surface area contributed by atoms with E-state index < -0.39 is 0 Å². The maximum Gasteiger partial charge on any atom is 0.295 e. The Morgan fingerprint density at radius 2 is 1.63 bits per heavy atom. The van der Waals surface area contributed by atoms with Crippen LogP contribution in [0.5, 0.6) is 5.75 Å². The molecule has 0 spiro atoms. The zero-order valence-electron chi connectivity index (χ0n) is 17.0. The highest BCUT2D eigenvalue weighted by Crippen LogP contribution is 2.25. The summed E-state index contributed by atoms with van der Waals surface area (Å²) in [6.07, 6.45) is 1.52. The standard InChI is InChI=1S/C24H26N4O2/c29-23-11-10-20-8-4-5-9-21(20)22(23)16-25-26-24(30)18-28-14-12-27(13-15-28)17-19-6-2-1-3-7-19/h1-11,16,29H,12-15,17-18H2,(H,26,30)/p+2/b25-16+. The summed E-state index contributed by atoms with van der Waals surface area (Å²) in [7, 11) is 0. The van der Waals surface area contributed by atoms with Gasteiger partial charge in [-0.15, -0.1) is 0 Å². The van der Waals surface area contributed by atoms with Crippen molar-refractivity contribution in [2.45, 2.75) is 6.54 Å². The van der Waals surface area contributed by atoms with Crippen LogP contribution < -0.4 is 15.2 Å². The van der Waals surface area contributed by atoms with Gasteiger partial charge >= 0.3 is 0 Å². The number of phenols is 1. The molecule has 0 unspecified atom stereocenters. The lowest BCUT2D eigenvalue weighted by Gasteiger charge is -2.29. The average Bonchev–Trinajstić information content (AvgIpc) is 2.77. The second kappa shape index (κ2) is 9.52. The van der Waals surface area contributed by atoms with Gasteiger partial charge in [0, 0.05) is 11.1 Å². The minimum atomic E-state index is -0.104. The number of hydrogen-bond donors (Lipinski definition) is 4. The molecule has 1 fully saturated rings. The maximum absolute atomic E-state index is 12.3. The molecular formula is C24H28N4O2+2. The second-order valence-corrected chi connectivity index (χ2v) is 7.85. The molecule has 3 aromatic carbocycles. The van der Waals surface area contributed by atoms with Crippen molar-refractivity contribution in [2.75, 3.05) is 32.7 Å². The van der Waals surface area contributed by atoms with E-state index in [2.05, 4.69) is 34.8 Å². The molecule has 0 saturated carbocycles. The van der Waals surface area contributed by atoms with Gasteiger partial charge in [-0.1, -0.05) is 60.7 Å². The van der Waals surface area contributed by atoms with E-state index in [1.165, 1.54) is 16.7 Å². The first-order valence-corrected chi connectivity index (χ1v) is 10.4. The van der Waals surface area contributed by atoms with Crippen molar-refractivity contribution in [1.82, 2.24) is 5.43 Å². The number of quaternary nitrogens is 2. The Hall–Kier alpha value is -3.22. The van der Waals surface area contributed by atoms with Crippen LogP contribution in [0.1, 0.15) is 11.1 Å². The lowest BCUT2D eigenvalue weighted by atomic mass is 10.0. The molecule has 1 saturated heterocycles. The summed E-state index contributed by atoms with van der Waals surface area (Å²) in [6, 6.07) is 21.8. The number of phenolic OH excluding ortho intramolecular Hbond substituents is 1. The van der Waals surface area contributed by atoms with Crippen molar-refractivity contribution in [3.8, 4) is 5.75 Å². The van der Waals surface area contributed by atoms with Crippen LogP contribution in [0.4, 0.5) is 0 Å².